The Kier molecular flexibility index (Phi) is 4.88. The van der Waals surface area contributed by atoms with Gasteiger partial charge in [-0.2, -0.15) is 0 Å². The van der Waals surface area contributed by atoms with E-state index in [9.17, 15) is 4.79 Å². The lowest BCUT2D eigenvalue weighted by atomic mass is 10.2. The van der Waals surface area contributed by atoms with Gasteiger partial charge < -0.3 is 9.64 Å². The van der Waals surface area contributed by atoms with Gasteiger partial charge in [-0.05, 0) is 12.1 Å². The third-order valence-corrected chi connectivity index (χ3v) is 4.41. The van der Waals surface area contributed by atoms with Crippen molar-refractivity contribution in [2.45, 2.75) is 19.5 Å². The number of amides is 1. The van der Waals surface area contributed by atoms with E-state index in [0.29, 0.717) is 0 Å². The fraction of sp³-hybridized carbons (Fsp3) is 0.562. The van der Waals surface area contributed by atoms with Crippen LogP contribution in [-0.4, -0.2) is 70.6 Å². The van der Waals surface area contributed by atoms with Crippen LogP contribution in [0.15, 0.2) is 24.3 Å². The molecule has 1 aliphatic rings. The molecule has 7 nitrogen and oxygen atoms in total. The second-order valence-corrected chi connectivity index (χ2v) is 5.88. The molecule has 1 fully saturated rings. The van der Waals surface area contributed by atoms with Crippen LogP contribution in [0.25, 0.3) is 11.0 Å². The first kappa shape index (κ1) is 15.9. The number of ether oxygens (including phenoxy) is 1. The summed E-state index contributed by atoms with van der Waals surface area (Å²) in [6.45, 7) is 5.92. The second kappa shape index (κ2) is 7.06. The number of hydrogen-bond donors (Lipinski definition) is 0. The smallest absolute Gasteiger partial charge is 0.220 e. The van der Waals surface area contributed by atoms with E-state index in [2.05, 4.69) is 15.2 Å². The summed E-state index contributed by atoms with van der Waals surface area (Å²) >= 11 is 0. The van der Waals surface area contributed by atoms with Gasteiger partial charge in [0, 0.05) is 40.0 Å². The normalized spacial score (nSPS) is 17.3. The molecule has 0 bridgehead atoms. The first-order chi connectivity index (χ1) is 11.2. The van der Waals surface area contributed by atoms with Crippen LogP contribution in [0.3, 0.4) is 0 Å². The minimum atomic E-state index is -0.136. The molecule has 1 aromatic carbocycles. The van der Waals surface area contributed by atoms with E-state index in [1.54, 1.807) is 11.8 Å². The first-order valence-electron chi connectivity index (χ1n) is 8.00. The molecule has 0 saturated carbocycles. The standard InChI is InChI=1S/C16H23N5O2/c1-13(22)19(2)16(7-8-20-9-11-23-12-10-20)21-15-6-4-3-5-14(15)17-18-21/h3-6,16H,7-12H2,1-2H3. The predicted molar refractivity (Wildman–Crippen MR) is 86.9 cm³/mol. The Morgan fingerprint density at radius 1 is 1.35 bits per heavy atom. The lowest BCUT2D eigenvalue weighted by molar-refractivity contribution is -0.131. The van der Waals surface area contributed by atoms with Crippen molar-refractivity contribution >= 4 is 16.9 Å². The van der Waals surface area contributed by atoms with E-state index in [1.165, 1.54) is 0 Å². The van der Waals surface area contributed by atoms with Crippen LogP contribution >= 0.6 is 0 Å². The molecule has 7 heteroatoms. The summed E-state index contributed by atoms with van der Waals surface area (Å²) in [5.41, 5.74) is 1.80. The van der Waals surface area contributed by atoms with E-state index in [0.717, 1.165) is 50.3 Å². The van der Waals surface area contributed by atoms with Crippen molar-refractivity contribution in [2.24, 2.45) is 0 Å². The van der Waals surface area contributed by atoms with Crippen molar-refractivity contribution < 1.29 is 9.53 Å². The fourth-order valence-corrected chi connectivity index (χ4v) is 2.92. The molecule has 0 N–H and O–H groups in total. The third-order valence-electron chi connectivity index (χ3n) is 4.41. The van der Waals surface area contributed by atoms with E-state index in [-0.39, 0.29) is 12.1 Å². The number of morpholine rings is 1. The molecule has 1 saturated heterocycles. The summed E-state index contributed by atoms with van der Waals surface area (Å²) in [6, 6.07) is 7.84. The number of para-hydroxylation sites is 1. The molecular weight excluding hydrogens is 294 g/mol. The maximum atomic E-state index is 11.9. The minimum Gasteiger partial charge on any atom is -0.379 e. The van der Waals surface area contributed by atoms with Crippen molar-refractivity contribution in [2.75, 3.05) is 39.9 Å². The van der Waals surface area contributed by atoms with E-state index < -0.39 is 0 Å². The van der Waals surface area contributed by atoms with Crippen molar-refractivity contribution in [1.29, 1.82) is 0 Å². The lowest BCUT2D eigenvalue weighted by Gasteiger charge is -2.31. The Hall–Kier alpha value is -1.99. The second-order valence-electron chi connectivity index (χ2n) is 5.88. The Morgan fingerprint density at radius 2 is 2.09 bits per heavy atom. The van der Waals surface area contributed by atoms with Crippen LogP contribution in [0.5, 0.6) is 0 Å². The van der Waals surface area contributed by atoms with Crippen molar-refractivity contribution in [1.82, 2.24) is 24.8 Å². The molecule has 1 amide bonds. The highest BCUT2D eigenvalue weighted by Crippen LogP contribution is 2.21. The number of hydrogen-bond acceptors (Lipinski definition) is 5. The summed E-state index contributed by atoms with van der Waals surface area (Å²) in [7, 11) is 1.82. The van der Waals surface area contributed by atoms with Crippen LogP contribution in [0.4, 0.5) is 0 Å². The van der Waals surface area contributed by atoms with Gasteiger partial charge in [0.15, 0.2) is 0 Å². The predicted octanol–water partition coefficient (Wildman–Crippen LogP) is 1.13. The topological polar surface area (TPSA) is 63.5 Å². The molecule has 23 heavy (non-hydrogen) atoms. The number of fused-ring (bicyclic) bond motifs is 1. The van der Waals surface area contributed by atoms with Gasteiger partial charge in [-0.15, -0.1) is 5.10 Å². The minimum absolute atomic E-state index is 0.0246. The Morgan fingerprint density at radius 3 is 2.83 bits per heavy atom. The Balaban J connectivity index is 1.81. The molecule has 1 unspecified atom stereocenters. The summed E-state index contributed by atoms with van der Waals surface area (Å²) in [4.78, 5) is 16.0. The molecule has 1 atom stereocenters. The van der Waals surface area contributed by atoms with Gasteiger partial charge >= 0.3 is 0 Å². The highest BCUT2D eigenvalue weighted by Gasteiger charge is 2.23. The van der Waals surface area contributed by atoms with Crippen LogP contribution in [0.2, 0.25) is 0 Å². The quantitative estimate of drug-likeness (QED) is 0.827. The van der Waals surface area contributed by atoms with E-state index in [4.69, 9.17) is 4.74 Å². The molecule has 0 spiro atoms. The largest absolute Gasteiger partial charge is 0.379 e. The van der Waals surface area contributed by atoms with Gasteiger partial charge in [0.25, 0.3) is 0 Å². The zero-order valence-corrected chi connectivity index (χ0v) is 13.7. The number of nitrogens with zero attached hydrogens (tertiary/aromatic N) is 5. The van der Waals surface area contributed by atoms with Crippen LogP contribution in [0.1, 0.15) is 19.5 Å². The maximum absolute atomic E-state index is 11.9. The molecule has 2 aromatic rings. The van der Waals surface area contributed by atoms with Gasteiger partial charge in [0.2, 0.25) is 5.91 Å². The zero-order chi connectivity index (χ0) is 16.2. The molecule has 1 aromatic heterocycles. The monoisotopic (exact) mass is 317 g/mol. The number of aromatic nitrogens is 3. The van der Waals surface area contributed by atoms with Crippen LogP contribution in [0, 0.1) is 0 Å². The Labute approximate surface area is 135 Å². The van der Waals surface area contributed by atoms with Gasteiger partial charge in [-0.1, -0.05) is 17.3 Å². The van der Waals surface area contributed by atoms with Gasteiger partial charge in [-0.25, -0.2) is 4.68 Å². The highest BCUT2D eigenvalue weighted by molar-refractivity contribution is 5.75. The van der Waals surface area contributed by atoms with Crippen LogP contribution < -0.4 is 0 Å². The molecular formula is C16H23N5O2. The fourth-order valence-electron chi connectivity index (χ4n) is 2.92. The van der Waals surface area contributed by atoms with Gasteiger partial charge in [-0.3, -0.25) is 9.69 Å². The average Bonchev–Trinajstić information content (AvgIpc) is 3.00. The maximum Gasteiger partial charge on any atom is 0.220 e. The van der Waals surface area contributed by atoms with Crippen molar-refractivity contribution in [3.05, 3.63) is 24.3 Å². The lowest BCUT2D eigenvalue weighted by Crippen LogP contribution is -2.40. The zero-order valence-electron chi connectivity index (χ0n) is 13.7. The molecule has 0 aliphatic carbocycles. The summed E-state index contributed by atoms with van der Waals surface area (Å²) < 4.78 is 7.25. The third kappa shape index (κ3) is 3.51. The molecule has 124 valence electrons. The van der Waals surface area contributed by atoms with E-state index in [1.807, 2.05) is 36.0 Å². The molecule has 1 aliphatic heterocycles. The summed E-state index contributed by atoms with van der Waals surface area (Å²) in [6.07, 6.45) is 0.673. The van der Waals surface area contributed by atoms with Gasteiger partial charge in [0.05, 0.1) is 18.7 Å². The number of benzene rings is 1. The Bertz CT molecular complexity index is 665. The molecule has 3 rings (SSSR count). The first-order valence-corrected chi connectivity index (χ1v) is 8.00. The SMILES string of the molecule is CC(=O)N(C)C(CCN1CCOCC1)n1nnc2ccccc21. The van der Waals surface area contributed by atoms with Gasteiger partial charge in [0.1, 0.15) is 11.7 Å². The summed E-state index contributed by atoms with van der Waals surface area (Å²) in [5, 5.41) is 8.51. The number of carbonyl (C=O) groups excluding carboxylic acids is 1. The molecule has 0 radical (unpaired) electrons. The summed E-state index contributed by atoms with van der Waals surface area (Å²) in [5.74, 6) is 0.0246. The highest BCUT2D eigenvalue weighted by atomic mass is 16.5. The average molecular weight is 317 g/mol. The number of carbonyl (C=O) groups is 1. The molecule has 2 heterocycles. The van der Waals surface area contributed by atoms with E-state index >= 15 is 0 Å². The van der Waals surface area contributed by atoms with Crippen molar-refractivity contribution in [3.63, 3.8) is 0 Å². The number of rotatable bonds is 5. The van der Waals surface area contributed by atoms with Crippen LogP contribution in [-0.2, 0) is 9.53 Å². The van der Waals surface area contributed by atoms with Crippen molar-refractivity contribution in [3.8, 4) is 0 Å².